The number of aliphatic carboxylic acids is 1. The van der Waals surface area contributed by atoms with Crippen molar-refractivity contribution in [2.45, 2.75) is 11.4 Å². The van der Waals surface area contributed by atoms with Crippen molar-refractivity contribution in [3.8, 4) is 0 Å². The van der Waals surface area contributed by atoms with E-state index in [1.54, 1.807) is 0 Å². The van der Waals surface area contributed by atoms with Gasteiger partial charge in [-0.15, -0.1) is 11.8 Å². The van der Waals surface area contributed by atoms with Crippen LogP contribution >= 0.6 is 23.3 Å². The number of hydrogen-bond acceptors (Lipinski definition) is 14. The number of quaternary nitrogens is 1. The number of aliphatic hydroxyl groups is 3. The minimum absolute atomic E-state index is 0.00119. The molecule has 3 heterocycles. The Kier molecular flexibility index (Phi) is 9.74. The molecule has 18 heteroatoms. The highest BCUT2D eigenvalue weighted by atomic mass is 32.2. The summed E-state index contributed by atoms with van der Waals surface area (Å²) in [4.78, 5) is 47.0. The lowest BCUT2D eigenvalue weighted by Gasteiger charge is -2.51. The Morgan fingerprint density at radius 1 is 1.27 bits per heavy atom. The van der Waals surface area contributed by atoms with E-state index in [4.69, 9.17) is 5.73 Å². The molecule has 0 unspecified atom stereocenters. The van der Waals surface area contributed by atoms with E-state index < -0.39 is 41.8 Å². The monoisotopic (exact) mass is 563 g/mol. The first-order chi connectivity index (χ1) is 17.7. The van der Waals surface area contributed by atoms with E-state index in [9.17, 15) is 39.2 Å². The van der Waals surface area contributed by atoms with Crippen molar-refractivity contribution >= 4 is 51.9 Å². The van der Waals surface area contributed by atoms with Crippen LogP contribution in [0.3, 0.4) is 0 Å². The number of nitrogen functional groups attached to an aromatic ring is 1. The molecule has 0 bridgehead atoms. The molecule has 0 radical (unpaired) electrons. The molecule has 2 aliphatic heterocycles. The van der Waals surface area contributed by atoms with Crippen LogP contribution in [0.5, 0.6) is 0 Å². The van der Waals surface area contributed by atoms with Crippen molar-refractivity contribution in [2.24, 2.45) is 5.16 Å². The van der Waals surface area contributed by atoms with Gasteiger partial charge >= 0.3 is 0 Å². The van der Waals surface area contributed by atoms with Crippen molar-refractivity contribution in [3.63, 3.8) is 0 Å². The normalized spacial score (nSPS) is 19.9. The molecule has 0 aromatic carbocycles. The number of anilines is 1. The first kappa shape index (κ1) is 28.7. The van der Waals surface area contributed by atoms with E-state index in [0.29, 0.717) is 5.57 Å². The predicted molar refractivity (Wildman–Crippen MR) is 126 cm³/mol. The number of nitrogens with two attached hydrogens (primary N) is 1. The molecule has 2 aliphatic rings. The number of alkyl halides is 1. The number of amides is 2. The lowest BCUT2D eigenvalue weighted by Crippen LogP contribution is -2.72. The van der Waals surface area contributed by atoms with Crippen molar-refractivity contribution in [3.05, 3.63) is 17.1 Å². The molecule has 204 valence electrons. The van der Waals surface area contributed by atoms with Gasteiger partial charge in [-0.3, -0.25) is 14.5 Å². The number of hydrogen-bond donors (Lipinski definition) is 5. The molecule has 0 aliphatic carbocycles. The largest absolute Gasteiger partial charge is 0.543 e. The summed E-state index contributed by atoms with van der Waals surface area (Å²) in [5, 5.41) is 45.7. The highest BCUT2D eigenvalue weighted by Crippen LogP contribution is 2.40. The van der Waals surface area contributed by atoms with Crippen molar-refractivity contribution < 1.29 is 48.5 Å². The van der Waals surface area contributed by atoms with Gasteiger partial charge in [-0.1, -0.05) is 5.16 Å². The minimum atomic E-state index is -1.60. The van der Waals surface area contributed by atoms with E-state index in [2.05, 4.69) is 24.7 Å². The highest BCUT2D eigenvalue weighted by molar-refractivity contribution is 8.00. The summed E-state index contributed by atoms with van der Waals surface area (Å²) in [6, 6.07) is -1.15. The second kappa shape index (κ2) is 12.6. The molecule has 0 spiro atoms. The molecule has 2 amide bonds. The quantitative estimate of drug-likeness (QED) is 0.0631. The number of rotatable bonds is 14. The number of β-lactam (4-membered cyclic amide) rings is 1. The van der Waals surface area contributed by atoms with Gasteiger partial charge in [0.2, 0.25) is 11.5 Å². The standard InChI is InChI=1S/C19H26FN7O8S2/c20-9-35-24-11(14-23-19(21)37-25-14)15(31)22-12-16(32)26-13(18(33)34)10(8-36-17(12)26)7-27(1-4-28,2-5-29)3-6-30/h12,17,28-30H,1-9H2,(H3-,21,22,23,25,31,33,34)/b24-11-/t12-,17+/m1/s1. The number of aromatic nitrogens is 2. The third-order valence-electron chi connectivity index (χ3n) is 5.85. The molecule has 6 N–H and O–H groups in total. The molecule has 2 atom stereocenters. The summed E-state index contributed by atoms with van der Waals surface area (Å²) in [5.74, 6) is -3.39. The average Bonchev–Trinajstić information content (AvgIpc) is 3.28. The van der Waals surface area contributed by atoms with Crippen LogP contribution in [0.25, 0.3) is 0 Å². The van der Waals surface area contributed by atoms with Crippen LogP contribution in [0.1, 0.15) is 5.82 Å². The molecule has 1 saturated heterocycles. The molecule has 1 aromatic heterocycles. The number of thioether (sulfide) groups is 1. The van der Waals surface area contributed by atoms with Gasteiger partial charge < -0.3 is 45.6 Å². The summed E-state index contributed by atoms with van der Waals surface area (Å²) in [7, 11) is 0. The van der Waals surface area contributed by atoms with Gasteiger partial charge in [-0.05, 0) is 0 Å². The number of oxime groups is 1. The van der Waals surface area contributed by atoms with Gasteiger partial charge in [0.1, 0.15) is 37.6 Å². The zero-order valence-electron chi connectivity index (χ0n) is 19.4. The third-order valence-corrected chi connectivity index (χ3v) is 7.73. The number of nitrogens with one attached hydrogen (secondary N) is 1. The highest BCUT2D eigenvalue weighted by Gasteiger charge is 2.54. The van der Waals surface area contributed by atoms with Gasteiger partial charge in [0.25, 0.3) is 18.7 Å². The molecule has 37 heavy (non-hydrogen) atoms. The van der Waals surface area contributed by atoms with Crippen molar-refractivity contribution in [2.75, 3.05) is 64.3 Å². The van der Waals surface area contributed by atoms with E-state index in [0.717, 1.165) is 16.4 Å². The van der Waals surface area contributed by atoms with Crippen LogP contribution in [0.4, 0.5) is 9.52 Å². The lowest BCUT2D eigenvalue weighted by molar-refractivity contribution is -0.924. The van der Waals surface area contributed by atoms with Crippen LogP contribution < -0.4 is 16.2 Å². The number of carboxylic acid groups (broad SMARTS) is 1. The molecule has 0 saturated carbocycles. The Bertz CT molecular complexity index is 1070. The van der Waals surface area contributed by atoms with Crippen LogP contribution in [-0.2, 0) is 19.2 Å². The first-order valence-corrected chi connectivity index (χ1v) is 12.8. The fraction of sp³-hybridized carbons (Fsp3) is 0.579. The fourth-order valence-corrected chi connectivity index (χ4v) is 5.99. The minimum Gasteiger partial charge on any atom is -0.543 e. The Morgan fingerprint density at radius 3 is 2.43 bits per heavy atom. The second-order valence-corrected chi connectivity index (χ2v) is 9.96. The zero-order chi connectivity index (χ0) is 27.2. The first-order valence-electron chi connectivity index (χ1n) is 10.9. The number of nitrogens with zero attached hydrogens (tertiary/aromatic N) is 5. The fourth-order valence-electron chi connectivity index (χ4n) is 4.22. The van der Waals surface area contributed by atoms with Crippen LogP contribution in [0.15, 0.2) is 16.4 Å². The number of halogens is 1. The topological polar surface area (TPSA) is 224 Å². The molecular weight excluding hydrogens is 537 g/mol. The Hall–Kier alpha value is -2.90. The van der Waals surface area contributed by atoms with Crippen molar-refractivity contribution in [1.29, 1.82) is 0 Å². The number of fused-ring (bicyclic) bond motifs is 1. The summed E-state index contributed by atoms with van der Waals surface area (Å²) in [6.07, 6.45) is 0. The van der Waals surface area contributed by atoms with E-state index >= 15 is 0 Å². The maximum Gasteiger partial charge on any atom is 0.278 e. The van der Waals surface area contributed by atoms with Crippen LogP contribution in [0.2, 0.25) is 0 Å². The van der Waals surface area contributed by atoms with Crippen LogP contribution in [-0.4, -0.2) is 128 Å². The molecule has 3 rings (SSSR count). The van der Waals surface area contributed by atoms with Gasteiger partial charge in [-0.25, -0.2) is 4.39 Å². The zero-order valence-corrected chi connectivity index (χ0v) is 21.0. The Balaban J connectivity index is 1.83. The number of aliphatic hydroxyl groups excluding tert-OH is 3. The van der Waals surface area contributed by atoms with E-state index in [1.807, 2.05) is 0 Å². The van der Waals surface area contributed by atoms with Gasteiger partial charge in [-0.2, -0.15) is 9.36 Å². The average molecular weight is 564 g/mol. The SMILES string of the molecule is Nc1nc(/C(=N/OCF)C(=O)N[C@@H]2C(=O)N3C(C(=O)[O-])=C(C[N+](CCO)(CCO)CCO)CS[C@@H]23)ns1. The van der Waals surface area contributed by atoms with Crippen molar-refractivity contribution in [1.82, 2.24) is 19.6 Å². The summed E-state index contributed by atoms with van der Waals surface area (Å²) in [5.41, 5.74) is 4.97. The number of carbonyl (C=O) groups excluding carboxylic acids is 3. The summed E-state index contributed by atoms with van der Waals surface area (Å²) in [6.45, 7) is -1.67. The van der Waals surface area contributed by atoms with Gasteiger partial charge in [0, 0.05) is 22.9 Å². The Labute approximate surface area is 218 Å². The van der Waals surface area contributed by atoms with Gasteiger partial charge in [0.15, 0.2) is 5.13 Å². The molecule has 15 nitrogen and oxygen atoms in total. The number of carboxylic acids is 1. The predicted octanol–water partition coefficient (Wildman–Crippen LogP) is -4.03. The van der Waals surface area contributed by atoms with Gasteiger partial charge in [0.05, 0.1) is 31.5 Å². The molecular formula is C19H26FN7O8S2. The summed E-state index contributed by atoms with van der Waals surface area (Å²) >= 11 is 1.94. The third kappa shape index (κ3) is 6.16. The lowest BCUT2D eigenvalue weighted by atomic mass is 10.0. The molecule has 1 fully saturated rings. The second-order valence-electron chi connectivity index (χ2n) is 8.08. The summed E-state index contributed by atoms with van der Waals surface area (Å²) < 4.78 is 16.3. The van der Waals surface area contributed by atoms with Crippen LogP contribution in [0, 0.1) is 0 Å². The Morgan fingerprint density at radius 2 is 1.92 bits per heavy atom. The maximum absolute atomic E-state index is 13.0. The maximum atomic E-state index is 13.0. The van der Waals surface area contributed by atoms with E-state index in [1.165, 1.54) is 11.8 Å². The number of carbonyl (C=O) groups is 3. The smallest absolute Gasteiger partial charge is 0.278 e. The molecule has 1 aromatic rings. The van der Waals surface area contributed by atoms with E-state index in [-0.39, 0.29) is 72.9 Å².